The van der Waals surface area contributed by atoms with Gasteiger partial charge in [0.2, 0.25) is 0 Å². The molecule has 2 aromatic carbocycles. The lowest BCUT2D eigenvalue weighted by molar-refractivity contribution is -0.137. The van der Waals surface area contributed by atoms with E-state index in [0.717, 1.165) is 17.7 Å². The second-order valence-electron chi connectivity index (χ2n) is 6.12. The van der Waals surface area contributed by atoms with Crippen molar-refractivity contribution in [2.75, 3.05) is 5.73 Å². The number of nitrogens with zero attached hydrogens (tertiary/aromatic N) is 3. The molecule has 0 bridgehead atoms. The number of H-pyrrole nitrogens is 1. The summed E-state index contributed by atoms with van der Waals surface area (Å²) >= 11 is 0. The van der Waals surface area contributed by atoms with Crippen LogP contribution in [0.4, 0.5) is 19.0 Å². The van der Waals surface area contributed by atoms with Crippen LogP contribution in [0.3, 0.4) is 0 Å². The Bertz CT molecular complexity index is 1120. The van der Waals surface area contributed by atoms with Crippen LogP contribution in [0, 0.1) is 0 Å². The molecule has 0 saturated heterocycles. The minimum atomic E-state index is -4.37. The molecular weight excluding hydrogens is 371 g/mol. The molecule has 4 rings (SSSR count). The van der Waals surface area contributed by atoms with Gasteiger partial charge in [-0.3, -0.25) is 0 Å². The highest BCUT2D eigenvalue weighted by Gasteiger charge is 2.30. The van der Waals surface area contributed by atoms with Gasteiger partial charge in [-0.05, 0) is 28.8 Å². The van der Waals surface area contributed by atoms with Crippen LogP contribution < -0.4 is 10.5 Å². The van der Waals surface area contributed by atoms with Crippen LogP contribution in [0.5, 0.6) is 5.75 Å². The lowest BCUT2D eigenvalue weighted by Gasteiger charge is -2.10. The summed E-state index contributed by atoms with van der Waals surface area (Å²) < 4.78 is 44.4. The highest BCUT2D eigenvalue weighted by molar-refractivity contribution is 5.78. The van der Waals surface area contributed by atoms with E-state index >= 15 is 0 Å². The van der Waals surface area contributed by atoms with Crippen molar-refractivity contribution in [3.8, 4) is 16.9 Å². The highest BCUT2D eigenvalue weighted by atomic mass is 19.4. The fraction of sp³-hybridized carbons (Fsp3) is 0.105. The molecule has 0 unspecified atom stereocenters. The molecule has 0 fully saturated rings. The standard InChI is InChI=1S/C19H14F3N5O/c20-19(21,22)14-3-1-2-13(8-14)12-6-4-11(5-7-12)10-28-15-9-16(23)24-18-17(15)25-27-26-18/h1-9H,10H2,(H3,23,24,25,26,27). The number of aromatic amines is 1. The van der Waals surface area contributed by atoms with Crippen LogP contribution >= 0.6 is 0 Å². The van der Waals surface area contributed by atoms with Gasteiger partial charge in [-0.1, -0.05) is 41.6 Å². The molecule has 0 aliphatic carbocycles. The van der Waals surface area contributed by atoms with Crippen LogP contribution in [0.25, 0.3) is 22.3 Å². The Morgan fingerprint density at radius 3 is 2.54 bits per heavy atom. The quantitative estimate of drug-likeness (QED) is 0.550. The molecule has 0 saturated carbocycles. The van der Waals surface area contributed by atoms with E-state index in [9.17, 15) is 13.2 Å². The first-order valence-corrected chi connectivity index (χ1v) is 8.27. The zero-order chi connectivity index (χ0) is 19.7. The molecule has 0 aliphatic heterocycles. The number of benzene rings is 2. The Morgan fingerprint density at radius 2 is 1.79 bits per heavy atom. The molecule has 4 aromatic rings. The third-order valence-corrected chi connectivity index (χ3v) is 4.15. The van der Waals surface area contributed by atoms with Crippen LogP contribution in [-0.2, 0) is 12.8 Å². The van der Waals surface area contributed by atoms with Crippen molar-refractivity contribution in [3.63, 3.8) is 0 Å². The summed E-state index contributed by atoms with van der Waals surface area (Å²) in [5.41, 5.74) is 7.96. The summed E-state index contributed by atoms with van der Waals surface area (Å²) in [7, 11) is 0. The third-order valence-electron chi connectivity index (χ3n) is 4.15. The summed E-state index contributed by atoms with van der Waals surface area (Å²) in [4.78, 5) is 4.06. The predicted molar refractivity (Wildman–Crippen MR) is 97.3 cm³/mol. The predicted octanol–water partition coefficient (Wildman–Crippen LogP) is 4.20. The van der Waals surface area contributed by atoms with Crippen molar-refractivity contribution in [2.45, 2.75) is 12.8 Å². The number of nitrogens with one attached hydrogen (secondary N) is 1. The normalized spacial score (nSPS) is 11.7. The van der Waals surface area contributed by atoms with E-state index in [0.29, 0.717) is 28.0 Å². The van der Waals surface area contributed by atoms with Crippen molar-refractivity contribution < 1.29 is 17.9 Å². The number of ether oxygens (including phenoxy) is 1. The van der Waals surface area contributed by atoms with Gasteiger partial charge < -0.3 is 10.5 Å². The Labute approximate surface area is 157 Å². The molecule has 0 amide bonds. The largest absolute Gasteiger partial charge is 0.486 e. The number of pyridine rings is 1. The molecule has 3 N–H and O–H groups in total. The molecule has 0 spiro atoms. The van der Waals surface area contributed by atoms with Crippen molar-refractivity contribution in [2.24, 2.45) is 0 Å². The maximum absolute atomic E-state index is 12.9. The minimum absolute atomic E-state index is 0.230. The number of nitrogen functional groups attached to an aromatic ring is 1. The number of halogens is 3. The summed E-state index contributed by atoms with van der Waals surface area (Å²) in [6.45, 7) is 0.230. The molecule has 0 atom stereocenters. The van der Waals surface area contributed by atoms with Gasteiger partial charge >= 0.3 is 6.18 Å². The fourth-order valence-corrected chi connectivity index (χ4v) is 2.77. The van der Waals surface area contributed by atoms with Gasteiger partial charge in [0.25, 0.3) is 0 Å². The first-order valence-electron chi connectivity index (χ1n) is 8.27. The molecule has 28 heavy (non-hydrogen) atoms. The van der Waals surface area contributed by atoms with Gasteiger partial charge in [-0.15, -0.1) is 5.10 Å². The van der Waals surface area contributed by atoms with Crippen LogP contribution in [0.15, 0.2) is 54.6 Å². The number of alkyl halides is 3. The zero-order valence-corrected chi connectivity index (χ0v) is 14.4. The number of aromatic nitrogens is 4. The van der Waals surface area contributed by atoms with Gasteiger partial charge in [0.1, 0.15) is 12.4 Å². The van der Waals surface area contributed by atoms with Gasteiger partial charge in [-0.2, -0.15) is 13.2 Å². The van der Waals surface area contributed by atoms with E-state index in [-0.39, 0.29) is 12.4 Å². The maximum atomic E-state index is 12.9. The molecular formula is C19H14F3N5O. The zero-order valence-electron chi connectivity index (χ0n) is 14.4. The van der Waals surface area contributed by atoms with Crippen LogP contribution in [0.1, 0.15) is 11.1 Å². The van der Waals surface area contributed by atoms with E-state index in [2.05, 4.69) is 20.4 Å². The van der Waals surface area contributed by atoms with E-state index < -0.39 is 11.7 Å². The van der Waals surface area contributed by atoms with Crippen molar-refractivity contribution in [1.29, 1.82) is 0 Å². The number of nitrogens with two attached hydrogens (primary N) is 1. The average molecular weight is 385 g/mol. The first-order chi connectivity index (χ1) is 13.4. The number of fused-ring (bicyclic) bond motifs is 1. The monoisotopic (exact) mass is 385 g/mol. The van der Waals surface area contributed by atoms with Crippen molar-refractivity contribution in [1.82, 2.24) is 20.4 Å². The lowest BCUT2D eigenvalue weighted by Crippen LogP contribution is -2.04. The van der Waals surface area contributed by atoms with E-state index in [1.54, 1.807) is 36.4 Å². The van der Waals surface area contributed by atoms with Crippen molar-refractivity contribution in [3.05, 3.63) is 65.7 Å². The van der Waals surface area contributed by atoms with Crippen LogP contribution in [-0.4, -0.2) is 20.4 Å². The summed E-state index contributed by atoms with van der Waals surface area (Å²) in [5, 5.41) is 10.2. The molecule has 0 radical (unpaired) electrons. The lowest BCUT2D eigenvalue weighted by atomic mass is 10.0. The van der Waals surface area contributed by atoms with Crippen LogP contribution in [0.2, 0.25) is 0 Å². The Kier molecular flexibility index (Phi) is 4.34. The maximum Gasteiger partial charge on any atom is 0.416 e. The van der Waals surface area contributed by atoms with Crippen molar-refractivity contribution >= 4 is 17.0 Å². The van der Waals surface area contributed by atoms with Gasteiger partial charge in [0.05, 0.1) is 5.56 Å². The summed E-state index contributed by atoms with van der Waals surface area (Å²) in [6.07, 6.45) is -4.37. The Balaban J connectivity index is 1.52. The number of anilines is 1. The summed E-state index contributed by atoms with van der Waals surface area (Å²) in [6, 6.07) is 13.9. The smallest absolute Gasteiger partial charge is 0.416 e. The number of hydrogen-bond acceptors (Lipinski definition) is 5. The fourth-order valence-electron chi connectivity index (χ4n) is 2.77. The molecule has 9 heteroatoms. The molecule has 2 aromatic heterocycles. The SMILES string of the molecule is Nc1cc(OCc2ccc(-c3cccc(C(F)(F)F)c3)cc2)c2nn[nH]c2n1. The molecule has 2 heterocycles. The molecule has 0 aliphatic rings. The topological polar surface area (TPSA) is 89.7 Å². The second-order valence-corrected chi connectivity index (χ2v) is 6.12. The number of rotatable bonds is 4. The van der Waals surface area contributed by atoms with E-state index in [4.69, 9.17) is 10.5 Å². The average Bonchev–Trinajstić information content (AvgIpc) is 3.14. The summed E-state index contributed by atoms with van der Waals surface area (Å²) in [5.74, 6) is 0.714. The minimum Gasteiger partial charge on any atom is -0.486 e. The Morgan fingerprint density at radius 1 is 1.00 bits per heavy atom. The molecule has 142 valence electrons. The number of hydrogen-bond donors (Lipinski definition) is 2. The van der Waals surface area contributed by atoms with Gasteiger partial charge in [-0.25, -0.2) is 10.1 Å². The highest BCUT2D eigenvalue weighted by Crippen LogP contribution is 2.32. The van der Waals surface area contributed by atoms with Gasteiger partial charge in [0.15, 0.2) is 16.9 Å². The Hall–Kier alpha value is -3.62. The van der Waals surface area contributed by atoms with E-state index in [1.807, 2.05) is 0 Å². The second kappa shape index (κ2) is 6.84. The first kappa shape index (κ1) is 17.8. The third kappa shape index (κ3) is 3.59. The molecule has 6 nitrogen and oxygen atoms in total. The van der Waals surface area contributed by atoms with E-state index in [1.165, 1.54) is 6.07 Å². The van der Waals surface area contributed by atoms with Gasteiger partial charge in [0, 0.05) is 6.07 Å².